The van der Waals surface area contributed by atoms with Crippen molar-refractivity contribution < 1.29 is 5.11 Å². The van der Waals surface area contributed by atoms with Gasteiger partial charge in [0.15, 0.2) is 5.65 Å². The number of nitrogens with one attached hydrogen (secondary N) is 1. The van der Waals surface area contributed by atoms with Crippen LogP contribution in [-0.4, -0.2) is 46.1 Å². The summed E-state index contributed by atoms with van der Waals surface area (Å²) in [4.78, 5) is 8.96. The molecule has 1 aliphatic carbocycles. The highest BCUT2D eigenvalue weighted by atomic mass is 79.9. The minimum Gasteiger partial charge on any atom is -0.396 e. The maximum atomic E-state index is 9.81. The predicted molar refractivity (Wildman–Crippen MR) is 114 cm³/mol. The third kappa shape index (κ3) is 4.47. The maximum Gasteiger partial charge on any atom is 0.171 e. The van der Waals surface area contributed by atoms with Gasteiger partial charge in [-0.15, -0.1) is 0 Å². The molecule has 2 unspecified atom stereocenters. The zero-order chi connectivity index (χ0) is 19.2. The fraction of sp³-hybridized carbons (Fsp3) is 0.450. The first kappa shape index (κ1) is 19.8. The fourth-order valence-electron chi connectivity index (χ4n) is 3.74. The molecule has 1 fully saturated rings. The number of fused-ring (bicyclic) bond motifs is 1. The topological polar surface area (TPSA) is 74.8 Å². The SMILES string of the molecule is C=C/C=C(\C=NC)CNc1cc(C2CCCCC2CO)nc2c(Br)cnn12. The zero-order valence-electron chi connectivity index (χ0n) is 15.6. The van der Waals surface area contributed by atoms with Crippen molar-refractivity contribution in [2.45, 2.75) is 31.6 Å². The number of aromatic nitrogens is 3. The molecule has 0 spiro atoms. The highest BCUT2D eigenvalue weighted by Gasteiger charge is 2.28. The van der Waals surface area contributed by atoms with Gasteiger partial charge < -0.3 is 10.4 Å². The summed E-state index contributed by atoms with van der Waals surface area (Å²) in [5, 5.41) is 17.7. The molecule has 2 aromatic rings. The Hall–Kier alpha value is -1.99. The van der Waals surface area contributed by atoms with E-state index in [1.54, 1.807) is 23.8 Å². The third-order valence-electron chi connectivity index (χ3n) is 5.07. The summed E-state index contributed by atoms with van der Waals surface area (Å²) in [7, 11) is 1.75. The Labute approximate surface area is 168 Å². The van der Waals surface area contributed by atoms with E-state index < -0.39 is 0 Å². The first-order valence-corrected chi connectivity index (χ1v) is 10.1. The van der Waals surface area contributed by atoms with Gasteiger partial charge in [0.2, 0.25) is 0 Å². The molecule has 7 heteroatoms. The lowest BCUT2D eigenvalue weighted by atomic mass is 9.78. The first-order chi connectivity index (χ1) is 13.2. The van der Waals surface area contributed by atoms with Gasteiger partial charge in [-0.3, -0.25) is 4.99 Å². The number of aliphatic imine (C=N–C) groups is 1. The van der Waals surface area contributed by atoms with Crippen LogP contribution in [0.25, 0.3) is 5.65 Å². The van der Waals surface area contributed by atoms with Crippen LogP contribution in [0, 0.1) is 5.92 Å². The number of hydrogen-bond acceptors (Lipinski definition) is 5. The fourth-order valence-corrected chi connectivity index (χ4v) is 4.09. The zero-order valence-corrected chi connectivity index (χ0v) is 17.2. The van der Waals surface area contributed by atoms with Gasteiger partial charge in [-0.05, 0) is 40.3 Å². The van der Waals surface area contributed by atoms with Gasteiger partial charge in [0.25, 0.3) is 0 Å². The molecule has 0 amide bonds. The molecule has 2 aromatic heterocycles. The molecule has 0 aromatic carbocycles. The lowest BCUT2D eigenvalue weighted by Crippen LogP contribution is -2.22. The molecule has 2 atom stereocenters. The molecule has 1 saturated carbocycles. The van der Waals surface area contributed by atoms with Crippen LogP contribution < -0.4 is 5.32 Å². The van der Waals surface area contributed by atoms with Crippen molar-refractivity contribution >= 4 is 33.6 Å². The van der Waals surface area contributed by atoms with E-state index in [1.807, 2.05) is 12.3 Å². The van der Waals surface area contributed by atoms with Gasteiger partial charge in [-0.2, -0.15) is 9.61 Å². The van der Waals surface area contributed by atoms with Crippen LogP contribution in [0.4, 0.5) is 5.82 Å². The molecule has 144 valence electrons. The Morgan fingerprint density at radius 3 is 3.04 bits per heavy atom. The second kappa shape index (κ2) is 9.28. The second-order valence-corrected chi connectivity index (χ2v) is 7.70. The normalized spacial score (nSPS) is 21.1. The monoisotopic (exact) mass is 431 g/mol. The summed E-state index contributed by atoms with van der Waals surface area (Å²) in [6.07, 6.45) is 11.7. The van der Waals surface area contributed by atoms with Crippen LogP contribution in [0.2, 0.25) is 0 Å². The van der Waals surface area contributed by atoms with E-state index in [2.05, 4.69) is 44.0 Å². The molecule has 0 bridgehead atoms. The quantitative estimate of drug-likeness (QED) is 0.513. The number of allylic oxidation sites excluding steroid dienone is 2. The van der Waals surface area contributed by atoms with Gasteiger partial charge in [0.1, 0.15) is 5.82 Å². The Bertz CT molecular complexity index is 857. The molecule has 0 aliphatic heterocycles. The first-order valence-electron chi connectivity index (χ1n) is 9.30. The Morgan fingerprint density at radius 2 is 2.30 bits per heavy atom. The van der Waals surface area contributed by atoms with E-state index in [0.717, 1.165) is 40.0 Å². The summed E-state index contributed by atoms with van der Waals surface area (Å²) < 4.78 is 2.67. The van der Waals surface area contributed by atoms with Crippen LogP contribution in [0.3, 0.4) is 0 Å². The number of aliphatic hydroxyl groups is 1. The van der Waals surface area contributed by atoms with E-state index in [9.17, 15) is 5.11 Å². The lowest BCUT2D eigenvalue weighted by Gasteiger charge is -2.30. The molecule has 6 nitrogen and oxygen atoms in total. The smallest absolute Gasteiger partial charge is 0.171 e. The van der Waals surface area contributed by atoms with Gasteiger partial charge >= 0.3 is 0 Å². The molecule has 0 radical (unpaired) electrons. The summed E-state index contributed by atoms with van der Waals surface area (Å²) in [5.74, 6) is 1.42. The van der Waals surface area contributed by atoms with E-state index in [0.29, 0.717) is 6.54 Å². The molecule has 2 N–H and O–H groups in total. The molecular formula is C20H26BrN5O. The van der Waals surface area contributed by atoms with Crippen molar-refractivity contribution in [1.29, 1.82) is 0 Å². The van der Waals surface area contributed by atoms with Gasteiger partial charge in [0.05, 0.1) is 16.4 Å². The van der Waals surface area contributed by atoms with E-state index >= 15 is 0 Å². The second-order valence-electron chi connectivity index (χ2n) is 6.85. The van der Waals surface area contributed by atoms with Crippen LogP contribution in [0.1, 0.15) is 37.3 Å². The third-order valence-corrected chi connectivity index (χ3v) is 5.63. The van der Waals surface area contributed by atoms with Crippen molar-refractivity contribution in [2.75, 3.05) is 25.5 Å². The highest BCUT2D eigenvalue weighted by molar-refractivity contribution is 9.10. The standard InChI is InChI=1S/C20H26BrN5O/c1-3-6-14(10-22-2)11-23-19-9-18(16-8-5-4-7-15(16)13-27)25-20-17(21)12-24-26(19)20/h3,6,9-10,12,15-16,23,27H,1,4-5,7-8,11,13H2,2H3/b14-6+,22-10?. The van der Waals surface area contributed by atoms with Crippen LogP contribution in [0.5, 0.6) is 0 Å². The summed E-state index contributed by atoms with van der Waals surface area (Å²) >= 11 is 3.55. The van der Waals surface area contributed by atoms with Gasteiger partial charge in [-0.1, -0.05) is 31.6 Å². The van der Waals surface area contributed by atoms with Crippen molar-refractivity contribution in [3.8, 4) is 0 Å². The molecule has 2 heterocycles. The Morgan fingerprint density at radius 1 is 1.48 bits per heavy atom. The number of halogens is 1. The van der Waals surface area contributed by atoms with Gasteiger partial charge in [-0.25, -0.2) is 4.98 Å². The van der Waals surface area contributed by atoms with Crippen LogP contribution in [0.15, 0.2) is 46.0 Å². The summed E-state index contributed by atoms with van der Waals surface area (Å²) in [6.45, 7) is 4.57. The van der Waals surface area contributed by atoms with Crippen molar-refractivity contribution in [1.82, 2.24) is 14.6 Å². The molecule has 27 heavy (non-hydrogen) atoms. The minimum atomic E-state index is 0.208. The van der Waals surface area contributed by atoms with E-state index in [-0.39, 0.29) is 18.4 Å². The van der Waals surface area contributed by atoms with Crippen LogP contribution >= 0.6 is 15.9 Å². The number of rotatable bonds is 7. The average Bonchev–Trinajstić information content (AvgIpc) is 3.07. The largest absolute Gasteiger partial charge is 0.396 e. The Kier molecular flexibility index (Phi) is 6.79. The molecule has 3 rings (SSSR count). The number of aliphatic hydroxyl groups excluding tert-OH is 1. The van der Waals surface area contributed by atoms with E-state index in [4.69, 9.17) is 4.98 Å². The minimum absolute atomic E-state index is 0.208. The number of nitrogens with zero attached hydrogens (tertiary/aromatic N) is 4. The van der Waals surface area contributed by atoms with Gasteiger partial charge in [0, 0.05) is 38.4 Å². The molecule has 0 saturated heterocycles. The van der Waals surface area contributed by atoms with Crippen molar-refractivity contribution in [2.24, 2.45) is 10.9 Å². The number of anilines is 1. The van der Waals surface area contributed by atoms with Crippen molar-refractivity contribution in [3.05, 3.63) is 46.7 Å². The van der Waals surface area contributed by atoms with E-state index in [1.165, 1.54) is 12.8 Å². The van der Waals surface area contributed by atoms with Crippen molar-refractivity contribution in [3.63, 3.8) is 0 Å². The average molecular weight is 432 g/mol. The molecular weight excluding hydrogens is 406 g/mol. The maximum absolute atomic E-state index is 9.81. The highest BCUT2D eigenvalue weighted by Crippen LogP contribution is 2.38. The lowest BCUT2D eigenvalue weighted by molar-refractivity contribution is 0.168. The Balaban J connectivity index is 1.96. The summed E-state index contributed by atoms with van der Waals surface area (Å²) in [6, 6.07) is 2.07. The van der Waals surface area contributed by atoms with Crippen LogP contribution in [-0.2, 0) is 0 Å². The number of hydrogen-bond donors (Lipinski definition) is 2. The predicted octanol–water partition coefficient (Wildman–Crippen LogP) is 3.98. The summed E-state index contributed by atoms with van der Waals surface area (Å²) in [5.41, 5.74) is 2.83. The molecule has 1 aliphatic rings.